The topological polar surface area (TPSA) is 78.5 Å². The molecule has 6 nitrogen and oxygen atoms in total. The van der Waals surface area contributed by atoms with Crippen molar-refractivity contribution in [3.05, 3.63) is 29.3 Å². The largest absolute Gasteiger partial charge is 0.327 e. The predicted octanol–water partition coefficient (Wildman–Crippen LogP) is 0.972. The molecule has 0 bridgehead atoms. The Morgan fingerprint density at radius 3 is 2.79 bits per heavy atom. The molecular weight excluding hydrogens is 340 g/mol. The maximum absolute atomic E-state index is 13.2. The van der Waals surface area contributed by atoms with Crippen LogP contribution >= 0.6 is 0 Å². The quantitative estimate of drug-likeness (QED) is 0.819. The van der Waals surface area contributed by atoms with Gasteiger partial charge < -0.3 is 10.2 Å². The normalized spacial score (nSPS) is 18.9. The Hall–Kier alpha value is -1.58. The lowest BCUT2D eigenvalue weighted by molar-refractivity contribution is 0.0126. The van der Waals surface area contributed by atoms with Crippen molar-refractivity contribution in [1.82, 2.24) is 14.9 Å². The van der Waals surface area contributed by atoms with Gasteiger partial charge in [0.15, 0.2) is 0 Å². The van der Waals surface area contributed by atoms with Gasteiger partial charge in [0, 0.05) is 31.7 Å². The van der Waals surface area contributed by atoms with Gasteiger partial charge in [0.1, 0.15) is 6.04 Å². The highest BCUT2D eigenvalue weighted by molar-refractivity contribution is 7.89. The van der Waals surface area contributed by atoms with E-state index in [4.69, 9.17) is 0 Å². The van der Waals surface area contributed by atoms with Gasteiger partial charge in [0.25, 0.3) is 12.3 Å². The SMILES string of the molecule is CCNS(=O)(=O)c1ccc(C)c(C(=O)N2CCNCC2C(F)F)c1. The number of amides is 1. The number of piperazine rings is 1. The molecule has 1 aliphatic rings. The van der Waals surface area contributed by atoms with Gasteiger partial charge >= 0.3 is 0 Å². The van der Waals surface area contributed by atoms with E-state index in [1.54, 1.807) is 13.8 Å². The number of carbonyl (C=O) groups is 1. The molecule has 134 valence electrons. The van der Waals surface area contributed by atoms with E-state index in [9.17, 15) is 22.0 Å². The fraction of sp³-hybridized carbons (Fsp3) is 0.533. The highest BCUT2D eigenvalue weighted by atomic mass is 32.2. The van der Waals surface area contributed by atoms with Crippen molar-refractivity contribution in [3.63, 3.8) is 0 Å². The summed E-state index contributed by atoms with van der Waals surface area (Å²) in [5.41, 5.74) is 0.670. The number of benzene rings is 1. The first-order chi connectivity index (χ1) is 11.3. The van der Waals surface area contributed by atoms with Crippen LogP contribution in [0.1, 0.15) is 22.8 Å². The number of rotatable bonds is 5. The fourth-order valence-electron chi connectivity index (χ4n) is 2.63. The Kier molecular flexibility index (Phi) is 5.89. The lowest BCUT2D eigenvalue weighted by Gasteiger charge is -2.36. The van der Waals surface area contributed by atoms with E-state index in [1.807, 2.05) is 0 Å². The van der Waals surface area contributed by atoms with E-state index in [2.05, 4.69) is 10.0 Å². The Morgan fingerprint density at radius 1 is 1.46 bits per heavy atom. The van der Waals surface area contributed by atoms with Crippen LogP contribution in [0.15, 0.2) is 23.1 Å². The van der Waals surface area contributed by atoms with Crippen LogP contribution in [0, 0.1) is 6.92 Å². The summed E-state index contributed by atoms with van der Waals surface area (Å²) >= 11 is 0. The summed E-state index contributed by atoms with van der Waals surface area (Å²) in [6.07, 6.45) is -2.67. The first-order valence-corrected chi connectivity index (χ1v) is 9.16. The average molecular weight is 361 g/mol. The van der Waals surface area contributed by atoms with Crippen molar-refractivity contribution in [3.8, 4) is 0 Å². The van der Waals surface area contributed by atoms with Gasteiger partial charge in [-0.1, -0.05) is 13.0 Å². The van der Waals surface area contributed by atoms with Gasteiger partial charge in [-0.15, -0.1) is 0 Å². The van der Waals surface area contributed by atoms with Crippen molar-refractivity contribution in [1.29, 1.82) is 0 Å². The van der Waals surface area contributed by atoms with Crippen LogP contribution in [0.3, 0.4) is 0 Å². The minimum Gasteiger partial charge on any atom is -0.327 e. The molecule has 24 heavy (non-hydrogen) atoms. The number of carbonyl (C=O) groups excluding carboxylic acids is 1. The van der Waals surface area contributed by atoms with Gasteiger partial charge in [-0.3, -0.25) is 4.79 Å². The zero-order valence-corrected chi connectivity index (χ0v) is 14.4. The number of halogens is 2. The maximum Gasteiger partial charge on any atom is 0.259 e. The number of hydrogen-bond acceptors (Lipinski definition) is 4. The molecule has 1 heterocycles. The third kappa shape index (κ3) is 3.90. The van der Waals surface area contributed by atoms with Crippen LogP contribution in [0.2, 0.25) is 0 Å². The van der Waals surface area contributed by atoms with Crippen LogP contribution in [0.4, 0.5) is 8.78 Å². The van der Waals surface area contributed by atoms with E-state index in [-0.39, 0.29) is 30.1 Å². The third-order valence-corrected chi connectivity index (χ3v) is 5.46. The number of sulfonamides is 1. The molecule has 0 radical (unpaired) electrons. The Labute approximate surface area is 140 Å². The molecule has 1 atom stereocenters. The second-order valence-corrected chi connectivity index (χ2v) is 7.35. The first-order valence-electron chi connectivity index (χ1n) is 7.68. The lowest BCUT2D eigenvalue weighted by Crippen LogP contribution is -2.56. The van der Waals surface area contributed by atoms with E-state index in [0.717, 1.165) is 4.90 Å². The van der Waals surface area contributed by atoms with Crippen LogP contribution in [0.25, 0.3) is 0 Å². The van der Waals surface area contributed by atoms with Gasteiger partial charge in [0.2, 0.25) is 10.0 Å². The van der Waals surface area contributed by atoms with E-state index < -0.39 is 28.4 Å². The van der Waals surface area contributed by atoms with Crippen LogP contribution < -0.4 is 10.0 Å². The number of nitrogens with one attached hydrogen (secondary N) is 2. The van der Waals surface area contributed by atoms with Crippen LogP contribution in [0.5, 0.6) is 0 Å². The smallest absolute Gasteiger partial charge is 0.259 e. The van der Waals surface area contributed by atoms with E-state index in [0.29, 0.717) is 12.1 Å². The highest BCUT2D eigenvalue weighted by Gasteiger charge is 2.34. The minimum absolute atomic E-state index is 0.0117. The molecule has 2 N–H and O–H groups in total. The molecule has 1 saturated heterocycles. The van der Waals surface area contributed by atoms with Crippen molar-refractivity contribution < 1.29 is 22.0 Å². The number of nitrogens with zero attached hydrogens (tertiary/aromatic N) is 1. The minimum atomic E-state index is -3.72. The van der Waals surface area contributed by atoms with Crippen LogP contribution in [-0.2, 0) is 10.0 Å². The van der Waals surface area contributed by atoms with Crippen molar-refractivity contribution in [2.45, 2.75) is 31.2 Å². The second kappa shape index (κ2) is 7.54. The predicted molar refractivity (Wildman–Crippen MR) is 85.7 cm³/mol. The number of aryl methyl sites for hydroxylation is 1. The maximum atomic E-state index is 13.2. The molecule has 0 aromatic heterocycles. The molecule has 1 aliphatic heterocycles. The molecule has 1 unspecified atom stereocenters. The molecule has 1 aromatic carbocycles. The van der Waals surface area contributed by atoms with Gasteiger partial charge in [-0.2, -0.15) is 0 Å². The summed E-state index contributed by atoms with van der Waals surface area (Å²) in [5.74, 6) is -0.576. The summed E-state index contributed by atoms with van der Waals surface area (Å²) in [5, 5.41) is 2.84. The summed E-state index contributed by atoms with van der Waals surface area (Å²) in [7, 11) is -3.72. The summed E-state index contributed by atoms with van der Waals surface area (Å²) in [6, 6.07) is 2.93. The summed E-state index contributed by atoms with van der Waals surface area (Å²) in [4.78, 5) is 13.8. The molecule has 1 aromatic rings. The molecule has 0 aliphatic carbocycles. The fourth-order valence-corrected chi connectivity index (χ4v) is 3.70. The zero-order chi connectivity index (χ0) is 17.9. The van der Waals surface area contributed by atoms with Crippen molar-refractivity contribution in [2.24, 2.45) is 0 Å². The first kappa shape index (κ1) is 18.8. The van der Waals surface area contributed by atoms with Crippen LogP contribution in [-0.4, -0.2) is 57.9 Å². The van der Waals surface area contributed by atoms with Gasteiger partial charge in [0.05, 0.1) is 4.90 Å². The van der Waals surface area contributed by atoms with Crippen molar-refractivity contribution >= 4 is 15.9 Å². The number of hydrogen-bond donors (Lipinski definition) is 2. The molecule has 1 amide bonds. The Morgan fingerprint density at radius 2 is 2.17 bits per heavy atom. The molecule has 1 fully saturated rings. The molecule has 0 saturated carbocycles. The zero-order valence-electron chi connectivity index (χ0n) is 13.6. The van der Waals surface area contributed by atoms with Crippen molar-refractivity contribution in [2.75, 3.05) is 26.2 Å². The monoisotopic (exact) mass is 361 g/mol. The Bertz CT molecular complexity index is 710. The van der Waals surface area contributed by atoms with E-state index in [1.165, 1.54) is 18.2 Å². The molecule has 2 rings (SSSR count). The summed E-state index contributed by atoms with van der Waals surface area (Å²) < 4.78 is 52.9. The third-order valence-electron chi connectivity index (χ3n) is 3.92. The Balaban J connectivity index is 2.38. The molecule has 9 heteroatoms. The van der Waals surface area contributed by atoms with Gasteiger partial charge in [-0.05, 0) is 24.6 Å². The standard InChI is InChI=1S/C15H21F2N3O3S/c1-3-19-24(22,23)11-5-4-10(2)12(8-11)15(21)20-7-6-18-9-13(20)14(16)17/h4-5,8,13-14,18-19H,3,6-7,9H2,1-2H3. The van der Waals surface area contributed by atoms with Gasteiger partial charge in [-0.25, -0.2) is 21.9 Å². The highest BCUT2D eigenvalue weighted by Crippen LogP contribution is 2.21. The second-order valence-electron chi connectivity index (χ2n) is 5.58. The number of alkyl halides is 2. The molecular formula is C15H21F2N3O3S. The molecule has 0 spiro atoms. The lowest BCUT2D eigenvalue weighted by atomic mass is 10.1. The summed E-state index contributed by atoms with van der Waals surface area (Å²) in [6.45, 7) is 4.09. The van der Waals surface area contributed by atoms with E-state index >= 15 is 0 Å². The average Bonchev–Trinajstić information content (AvgIpc) is 2.54.